The minimum atomic E-state index is -0.647. The van der Waals surface area contributed by atoms with E-state index in [1.165, 1.54) is 6.92 Å². The van der Waals surface area contributed by atoms with Crippen LogP contribution in [-0.2, 0) is 19.1 Å². The zero-order valence-corrected chi connectivity index (χ0v) is 10.4. The van der Waals surface area contributed by atoms with Gasteiger partial charge in [0.25, 0.3) is 0 Å². The molecule has 0 fully saturated rings. The summed E-state index contributed by atoms with van der Waals surface area (Å²) >= 11 is 0. The zero-order chi connectivity index (χ0) is 12.9. The van der Waals surface area contributed by atoms with Crippen LogP contribution in [0.4, 0.5) is 0 Å². The molecule has 0 spiro atoms. The van der Waals surface area contributed by atoms with Crippen LogP contribution in [0.15, 0.2) is 0 Å². The highest BCUT2D eigenvalue weighted by atomic mass is 16.5. The number of esters is 1. The quantitative estimate of drug-likeness (QED) is 0.719. The third kappa shape index (κ3) is 5.48. The van der Waals surface area contributed by atoms with Crippen LogP contribution in [0.25, 0.3) is 0 Å². The second kappa shape index (κ2) is 5.63. The van der Waals surface area contributed by atoms with Crippen LogP contribution >= 0.6 is 0 Å². The first-order valence-electron chi connectivity index (χ1n) is 5.11. The van der Waals surface area contributed by atoms with E-state index in [9.17, 15) is 14.4 Å². The third-order valence-electron chi connectivity index (χ3n) is 1.93. The van der Waals surface area contributed by atoms with Crippen molar-refractivity contribution < 1.29 is 19.1 Å². The highest BCUT2D eigenvalue weighted by molar-refractivity contribution is 5.91. The van der Waals surface area contributed by atoms with Gasteiger partial charge in [0.1, 0.15) is 0 Å². The fraction of sp³-hybridized carbons (Fsp3) is 0.727. The van der Waals surface area contributed by atoms with Crippen molar-refractivity contribution in [1.29, 1.82) is 0 Å². The van der Waals surface area contributed by atoms with Crippen molar-refractivity contribution in [2.24, 2.45) is 5.41 Å². The van der Waals surface area contributed by atoms with Gasteiger partial charge in [0.05, 0.1) is 6.04 Å². The minimum Gasteiger partial charge on any atom is -0.458 e. The van der Waals surface area contributed by atoms with Gasteiger partial charge >= 0.3 is 5.97 Å². The van der Waals surface area contributed by atoms with Crippen LogP contribution in [0, 0.1) is 5.41 Å². The van der Waals surface area contributed by atoms with Crippen molar-refractivity contribution in [3.63, 3.8) is 0 Å². The number of rotatable bonds is 4. The number of nitrogens with one attached hydrogen (secondary N) is 1. The molecule has 5 heteroatoms. The molecule has 0 rings (SSSR count). The maximum atomic E-state index is 11.5. The van der Waals surface area contributed by atoms with Gasteiger partial charge in [-0.15, -0.1) is 0 Å². The summed E-state index contributed by atoms with van der Waals surface area (Å²) in [4.78, 5) is 33.5. The summed E-state index contributed by atoms with van der Waals surface area (Å²) in [5, 5.41) is 2.56. The van der Waals surface area contributed by atoms with E-state index < -0.39 is 17.4 Å². The Balaban J connectivity index is 4.16. The molecule has 0 aliphatic rings. The molecule has 0 saturated carbocycles. The van der Waals surface area contributed by atoms with Crippen molar-refractivity contribution >= 4 is 17.7 Å². The molecule has 16 heavy (non-hydrogen) atoms. The Morgan fingerprint density at radius 1 is 1.25 bits per heavy atom. The molecule has 0 saturated heterocycles. The average Bonchev–Trinajstić information content (AvgIpc) is 2.12. The predicted molar refractivity (Wildman–Crippen MR) is 58.7 cm³/mol. The van der Waals surface area contributed by atoms with Crippen LogP contribution in [0.1, 0.15) is 34.6 Å². The monoisotopic (exact) mass is 229 g/mol. The first kappa shape index (κ1) is 14.6. The first-order valence-corrected chi connectivity index (χ1v) is 5.11. The zero-order valence-electron chi connectivity index (χ0n) is 10.4. The SMILES string of the molecule is CC(=O)OCC(=O)[C@H](C)NC(=O)C(C)(C)C. The lowest BCUT2D eigenvalue weighted by Crippen LogP contribution is -2.45. The fourth-order valence-corrected chi connectivity index (χ4v) is 0.791. The maximum Gasteiger partial charge on any atom is 0.303 e. The van der Waals surface area contributed by atoms with Gasteiger partial charge in [-0.05, 0) is 6.92 Å². The molecule has 0 unspecified atom stereocenters. The number of ketones is 1. The van der Waals surface area contributed by atoms with E-state index in [0.29, 0.717) is 0 Å². The molecule has 0 aromatic heterocycles. The molecule has 0 aromatic rings. The van der Waals surface area contributed by atoms with Crippen LogP contribution < -0.4 is 5.32 Å². The molecular weight excluding hydrogens is 210 g/mol. The van der Waals surface area contributed by atoms with Crippen molar-refractivity contribution in [2.45, 2.75) is 40.7 Å². The van der Waals surface area contributed by atoms with Crippen molar-refractivity contribution in [3.8, 4) is 0 Å². The number of carbonyl (C=O) groups excluding carboxylic acids is 3. The van der Waals surface area contributed by atoms with E-state index in [2.05, 4.69) is 10.1 Å². The topological polar surface area (TPSA) is 72.5 Å². The van der Waals surface area contributed by atoms with Crippen molar-refractivity contribution in [1.82, 2.24) is 5.32 Å². The Labute approximate surface area is 95.5 Å². The van der Waals surface area contributed by atoms with Gasteiger partial charge in [0.2, 0.25) is 5.91 Å². The molecule has 1 amide bonds. The van der Waals surface area contributed by atoms with Crippen LogP contribution in [0.3, 0.4) is 0 Å². The smallest absolute Gasteiger partial charge is 0.303 e. The lowest BCUT2D eigenvalue weighted by Gasteiger charge is -2.21. The van der Waals surface area contributed by atoms with Gasteiger partial charge in [-0.2, -0.15) is 0 Å². The van der Waals surface area contributed by atoms with E-state index in [4.69, 9.17) is 0 Å². The lowest BCUT2D eigenvalue weighted by molar-refractivity contribution is -0.146. The average molecular weight is 229 g/mol. The third-order valence-corrected chi connectivity index (χ3v) is 1.93. The summed E-state index contributed by atoms with van der Waals surface area (Å²) in [6.07, 6.45) is 0. The Bertz CT molecular complexity index is 291. The van der Waals surface area contributed by atoms with Gasteiger partial charge in [-0.3, -0.25) is 14.4 Å². The van der Waals surface area contributed by atoms with Gasteiger partial charge in [0.15, 0.2) is 12.4 Å². The van der Waals surface area contributed by atoms with E-state index in [0.717, 1.165) is 0 Å². The number of carbonyl (C=O) groups is 3. The molecule has 92 valence electrons. The van der Waals surface area contributed by atoms with Crippen molar-refractivity contribution in [3.05, 3.63) is 0 Å². The lowest BCUT2D eigenvalue weighted by atomic mass is 9.95. The molecule has 5 nitrogen and oxygen atoms in total. The maximum absolute atomic E-state index is 11.5. The van der Waals surface area contributed by atoms with Crippen LogP contribution in [-0.4, -0.2) is 30.3 Å². The predicted octanol–water partition coefficient (Wildman–Crippen LogP) is 0.669. The van der Waals surface area contributed by atoms with E-state index in [1.807, 2.05) is 0 Å². The highest BCUT2D eigenvalue weighted by Gasteiger charge is 2.25. The summed E-state index contributed by atoms with van der Waals surface area (Å²) in [5.74, 6) is -1.05. The van der Waals surface area contributed by atoms with Crippen LogP contribution in [0.2, 0.25) is 0 Å². The Morgan fingerprint density at radius 2 is 1.75 bits per heavy atom. The number of hydrogen-bond donors (Lipinski definition) is 1. The van der Waals surface area contributed by atoms with E-state index >= 15 is 0 Å². The van der Waals surface area contributed by atoms with Gasteiger partial charge in [0, 0.05) is 12.3 Å². The number of hydrogen-bond acceptors (Lipinski definition) is 4. The summed E-state index contributed by atoms with van der Waals surface area (Å²) in [5.41, 5.74) is -0.546. The Morgan fingerprint density at radius 3 is 2.12 bits per heavy atom. The summed E-state index contributed by atoms with van der Waals surface area (Å²) in [6.45, 7) is 7.75. The van der Waals surface area contributed by atoms with Crippen molar-refractivity contribution in [2.75, 3.05) is 6.61 Å². The van der Waals surface area contributed by atoms with Gasteiger partial charge < -0.3 is 10.1 Å². The van der Waals surface area contributed by atoms with E-state index in [-0.39, 0.29) is 18.3 Å². The van der Waals surface area contributed by atoms with Gasteiger partial charge in [-0.25, -0.2) is 0 Å². The normalized spacial score (nSPS) is 12.8. The highest BCUT2D eigenvalue weighted by Crippen LogP contribution is 2.12. The second-order valence-electron chi connectivity index (χ2n) is 4.69. The Hall–Kier alpha value is -1.39. The van der Waals surface area contributed by atoms with Crippen LogP contribution in [0.5, 0.6) is 0 Å². The molecule has 1 N–H and O–H groups in total. The van der Waals surface area contributed by atoms with Gasteiger partial charge in [-0.1, -0.05) is 20.8 Å². The molecule has 0 radical (unpaired) electrons. The molecule has 0 aliphatic carbocycles. The fourth-order valence-electron chi connectivity index (χ4n) is 0.791. The molecule has 1 atom stereocenters. The summed E-state index contributed by atoms with van der Waals surface area (Å²) < 4.78 is 4.55. The molecule has 0 aliphatic heterocycles. The summed E-state index contributed by atoms with van der Waals surface area (Å²) in [7, 11) is 0. The minimum absolute atomic E-state index is 0.212. The Kier molecular flexibility index (Phi) is 5.14. The molecule has 0 aromatic carbocycles. The summed E-state index contributed by atoms with van der Waals surface area (Å²) in [6, 6.07) is -0.647. The largest absolute Gasteiger partial charge is 0.458 e. The molecule has 0 bridgehead atoms. The number of amides is 1. The second-order valence-corrected chi connectivity index (χ2v) is 4.69. The molecular formula is C11H19NO4. The molecule has 0 heterocycles. The van der Waals surface area contributed by atoms with E-state index in [1.54, 1.807) is 27.7 Å². The number of ether oxygens (including phenoxy) is 1. The standard InChI is InChI=1S/C11H19NO4/c1-7(9(14)6-16-8(2)13)12-10(15)11(3,4)5/h7H,6H2,1-5H3,(H,12,15)/t7-/m0/s1. The number of Topliss-reactive ketones (excluding diaryl/α,β-unsaturated/α-hetero) is 1. The first-order chi connectivity index (χ1) is 7.14.